The van der Waals surface area contributed by atoms with Gasteiger partial charge in [-0.05, 0) is 51.7 Å². The van der Waals surface area contributed by atoms with Crippen molar-refractivity contribution < 1.29 is 4.79 Å². The summed E-state index contributed by atoms with van der Waals surface area (Å²) in [5.74, 6) is 0.848. The standard InChI is InChI=1S/C16H31N3O/c1-4-7-16(8-5-9-17-12-16)15(20)18-14-6-10-19(3)11-13(14)2/h13-14,17H,4-12H2,1-3H3,(H,18,20). The molecule has 0 aromatic carbocycles. The SMILES string of the molecule is CCCC1(C(=O)NC2CCN(C)CC2C)CCCNC1. The number of likely N-dealkylation sites (tertiary alicyclic amines) is 1. The van der Waals surface area contributed by atoms with E-state index in [1.165, 1.54) is 0 Å². The van der Waals surface area contributed by atoms with Crippen LogP contribution in [0.4, 0.5) is 0 Å². The highest BCUT2D eigenvalue weighted by atomic mass is 16.2. The molecule has 20 heavy (non-hydrogen) atoms. The summed E-state index contributed by atoms with van der Waals surface area (Å²) in [5.41, 5.74) is -0.157. The molecule has 0 spiro atoms. The van der Waals surface area contributed by atoms with Gasteiger partial charge in [-0.3, -0.25) is 4.79 Å². The first-order valence-electron chi connectivity index (χ1n) is 8.27. The molecule has 2 aliphatic heterocycles. The zero-order chi connectivity index (χ0) is 14.6. The molecule has 2 heterocycles. The molecule has 4 heteroatoms. The number of piperidine rings is 2. The average Bonchev–Trinajstić information content (AvgIpc) is 2.43. The van der Waals surface area contributed by atoms with Crippen molar-refractivity contribution in [3.8, 4) is 0 Å². The molecule has 4 nitrogen and oxygen atoms in total. The van der Waals surface area contributed by atoms with Gasteiger partial charge >= 0.3 is 0 Å². The lowest BCUT2D eigenvalue weighted by Crippen LogP contribution is -2.56. The number of carbonyl (C=O) groups excluding carboxylic acids is 1. The predicted molar refractivity (Wildman–Crippen MR) is 82.7 cm³/mol. The van der Waals surface area contributed by atoms with Gasteiger partial charge in [-0.15, -0.1) is 0 Å². The maximum absolute atomic E-state index is 12.8. The summed E-state index contributed by atoms with van der Waals surface area (Å²) < 4.78 is 0. The van der Waals surface area contributed by atoms with E-state index in [0.717, 1.165) is 58.3 Å². The molecular formula is C16H31N3O. The van der Waals surface area contributed by atoms with Crippen LogP contribution in [0.15, 0.2) is 0 Å². The number of nitrogens with zero attached hydrogens (tertiary/aromatic N) is 1. The fraction of sp³-hybridized carbons (Fsp3) is 0.938. The van der Waals surface area contributed by atoms with E-state index in [1.54, 1.807) is 0 Å². The van der Waals surface area contributed by atoms with Gasteiger partial charge in [0.05, 0.1) is 5.41 Å². The van der Waals surface area contributed by atoms with Crippen molar-refractivity contribution in [3.05, 3.63) is 0 Å². The van der Waals surface area contributed by atoms with Crippen molar-refractivity contribution in [1.29, 1.82) is 0 Å². The minimum atomic E-state index is -0.157. The molecule has 116 valence electrons. The second kappa shape index (κ2) is 6.90. The van der Waals surface area contributed by atoms with Gasteiger partial charge in [0, 0.05) is 19.1 Å². The van der Waals surface area contributed by atoms with Gasteiger partial charge in [0.25, 0.3) is 0 Å². The van der Waals surface area contributed by atoms with E-state index in [1.807, 2.05) is 0 Å². The fourth-order valence-electron chi connectivity index (χ4n) is 3.86. The third kappa shape index (κ3) is 3.53. The van der Waals surface area contributed by atoms with Crippen LogP contribution in [-0.4, -0.2) is 50.1 Å². The van der Waals surface area contributed by atoms with Crippen LogP contribution < -0.4 is 10.6 Å². The Bertz CT molecular complexity index is 320. The summed E-state index contributed by atoms with van der Waals surface area (Å²) in [4.78, 5) is 15.2. The van der Waals surface area contributed by atoms with Crippen LogP contribution in [0, 0.1) is 11.3 Å². The number of rotatable bonds is 4. The van der Waals surface area contributed by atoms with E-state index in [9.17, 15) is 4.79 Å². The molecular weight excluding hydrogens is 250 g/mol. The van der Waals surface area contributed by atoms with Crippen molar-refractivity contribution in [1.82, 2.24) is 15.5 Å². The predicted octanol–water partition coefficient (Wildman–Crippen LogP) is 1.61. The number of carbonyl (C=O) groups is 1. The highest BCUT2D eigenvalue weighted by Crippen LogP contribution is 2.32. The Labute approximate surface area is 123 Å². The minimum absolute atomic E-state index is 0.157. The zero-order valence-electron chi connectivity index (χ0n) is 13.4. The molecule has 0 saturated carbocycles. The van der Waals surface area contributed by atoms with Gasteiger partial charge in [-0.1, -0.05) is 20.3 Å². The van der Waals surface area contributed by atoms with Crippen LogP contribution in [0.1, 0.15) is 46.0 Å². The Kier molecular flexibility index (Phi) is 5.44. The molecule has 2 saturated heterocycles. The van der Waals surface area contributed by atoms with Crippen LogP contribution in [-0.2, 0) is 4.79 Å². The molecule has 0 radical (unpaired) electrons. The van der Waals surface area contributed by atoms with Crippen molar-refractivity contribution >= 4 is 5.91 Å². The highest BCUT2D eigenvalue weighted by Gasteiger charge is 2.40. The summed E-state index contributed by atoms with van der Waals surface area (Å²) in [6.07, 6.45) is 5.33. The lowest BCUT2D eigenvalue weighted by atomic mass is 9.75. The third-order valence-electron chi connectivity index (χ3n) is 5.11. The molecule has 2 aliphatic rings. The molecule has 1 amide bonds. The van der Waals surface area contributed by atoms with Crippen molar-refractivity contribution in [2.24, 2.45) is 11.3 Å². The maximum atomic E-state index is 12.8. The maximum Gasteiger partial charge on any atom is 0.227 e. The van der Waals surface area contributed by atoms with E-state index in [4.69, 9.17) is 0 Å². The first kappa shape index (κ1) is 15.8. The van der Waals surface area contributed by atoms with E-state index >= 15 is 0 Å². The summed E-state index contributed by atoms with van der Waals surface area (Å²) in [5, 5.41) is 6.81. The van der Waals surface area contributed by atoms with E-state index < -0.39 is 0 Å². The van der Waals surface area contributed by atoms with Crippen LogP contribution in [0.25, 0.3) is 0 Å². The van der Waals surface area contributed by atoms with Crippen molar-refractivity contribution in [2.45, 2.75) is 52.0 Å². The Morgan fingerprint density at radius 3 is 2.90 bits per heavy atom. The molecule has 2 N–H and O–H groups in total. The van der Waals surface area contributed by atoms with Gasteiger partial charge in [-0.25, -0.2) is 0 Å². The topological polar surface area (TPSA) is 44.4 Å². The number of nitrogens with one attached hydrogen (secondary N) is 2. The number of hydrogen-bond donors (Lipinski definition) is 2. The Morgan fingerprint density at radius 2 is 2.30 bits per heavy atom. The molecule has 0 aliphatic carbocycles. The molecule has 0 aromatic heterocycles. The van der Waals surface area contributed by atoms with Gasteiger partial charge in [0.15, 0.2) is 0 Å². The largest absolute Gasteiger partial charge is 0.352 e. The van der Waals surface area contributed by atoms with E-state index in [2.05, 4.69) is 36.4 Å². The summed E-state index contributed by atoms with van der Waals surface area (Å²) in [6.45, 7) is 8.53. The quantitative estimate of drug-likeness (QED) is 0.823. The molecule has 2 rings (SSSR count). The molecule has 3 unspecified atom stereocenters. The number of hydrogen-bond acceptors (Lipinski definition) is 3. The molecule has 0 bridgehead atoms. The van der Waals surface area contributed by atoms with Gasteiger partial charge in [0.2, 0.25) is 5.91 Å². The van der Waals surface area contributed by atoms with Crippen LogP contribution in [0.3, 0.4) is 0 Å². The van der Waals surface area contributed by atoms with E-state index in [0.29, 0.717) is 17.9 Å². The minimum Gasteiger partial charge on any atom is -0.352 e. The normalized spacial score (nSPS) is 35.8. The van der Waals surface area contributed by atoms with Crippen LogP contribution in [0.2, 0.25) is 0 Å². The second-order valence-corrected chi connectivity index (χ2v) is 6.92. The average molecular weight is 281 g/mol. The van der Waals surface area contributed by atoms with Gasteiger partial charge in [-0.2, -0.15) is 0 Å². The fourth-order valence-corrected chi connectivity index (χ4v) is 3.86. The first-order chi connectivity index (χ1) is 9.57. The van der Waals surface area contributed by atoms with Crippen LogP contribution in [0.5, 0.6) is 0 Å². The van der Waals surface area contributed by atoms with Crippen molar-refractivity contribution in [3.63, 3.8) is 0 Å². The van der Waals surface area contributed by atoms with Crippen LogP contribution >= 0.6 is 0 Å². The highest BCUT2D eigenvalue weighted by molar-refractivity contribution is 5.83. The molecule has 3 atom stereocenters. The first-order valence-corrected chi connectivity index (χ1v) is 8.27. The van der Waals surface area contributed by atoms with Gasteiger partial charge < -0.3 is 15.5 Å². The second-order valence-electron chi connectivity index (χ2n) is 6.92. The Morgan fingerprint density at radius 1 is 1.50 bits per heavy atom. The van der Waals surface area contributed by atoms with E-state index in [-0.39, 0.29) is 5.41 Å². The lowest BCUT2D eigenvalue weighted by molar-refractivity contribution is -0.134. The Hall–Kier alpha value is -0.610. The third-order valence-corrected chi connectivity index (χ3v) is 5.11. The van der Waals surface area contributed by atoms with Crippen molar-refractivity contribution in [2.75, 3.05) is 33.2 Å². The lowest BCUT2D eigenvalue weighted by Gasteiger charge is -2.40. The summed E-state index contributed by atoms with van der Waals surface area (Å²) in [7, 11) is 2.16. The summed E-state index contributed by atoms with van der Waals surface area (Å²) in [6, 6.07) is 0.356. The number of amides is 1. The van der Waals surface area contributed by atoms with Gasteiger partial charge in [0.1, 0.15) is 0 Å². The molecule has 2 fully saturated rings. The zero-order valence-corrected chi connectivity index (χ0v) is 13.4. The Balaban J connectivity index is 1.97. The smallest absolute Gasteiger partial charge is 0.227 e. The molecule has 0 aromatic rings. The monoisotopic (exact) mass is 281 g/mol. The summed E-state index contributed by atoms with van der Waals surface area (Å²) >= 11 is 0.